The smallest absolute Gasteiger partial charge is 0.248 e. The number of H-pyrrole nitrogens is 1. The van der Waals surface area contributed by atoms with Gasteiger partial charge in [0.1, 0.15) is 24.2 Å². The highest BCUT2D eigenvalue weighted by Crippen LogP contribution is 2.21. The second-order valence-corrected chi connectivity index (χ2v) is 11.8. The fourth-order valence-electron chi connectivity index (χ4n) is 5.62. The van der Waals surface area contributed by atoms with Crippen LogP contribution in [0.25, 0.3) is 10.9 Å². The van der Waals surface area contributed by atoms with Crippen molar-refractivity contribution in [3.05, 3.63) is 71.9 Å². The lowest BCUT2D eigenvalue weighted by Crippen LogP contribution is -2.59. The molecule has 0 spiro atoms. The second-order valence-electron chi connectivity index (χ2n) is 11.8. The van der Waals surface area contributed by atoms with Gasteiger partial charge in [0.25, 0.3) is 0 Å². The van der Waals surface area contributed by atoms with Gasteiger partial charge < -0.3 is 47.7 Å². The van der Waals surface area contributed by atoms with E-state index in [1.807, 2.05) is 24.3 Å². The Morgan fingerprint density at radius 3 is 2.25 bits per heavy atom. The number of nitrogens with one attached hydrogen (secondary N) is 5. The van der Waals surface area contributed by atoms with Gasteiger partial charge in [0.15, 0.2) is 0 Å². The molecule has 6 amide bonds. The van der Waals surface area contributed by atoms with E-state index in [0.29, 0.717) is 6.42 Å². The molecular formula is C33H42N8O7. The van der Waals surface area contributed by atoms with Gasteiger partial charge in [0.05, 0.1) is 19.2 Å². The van der Waals surface area contributed by atoms with Crippen LogP contribution in [0, 0.1) is 0 Å². The molecular weight excluding hydrogens is 620 g/mol. The van der Waals surface area contributed by atoms with Crippen molar-refractivity contribution in [3.63, 3.8) is 0 Å². The van der Waals surface area contributed by atoms with Crippen LogP contribution in [-0.2, 0) is 41.6 Å². The first kappa shape index (κ1) is 35.6. The third-order valence-electron chi connectivity index (χ3n) is 8.13. The molecule has 10 N–H and O–H groups in total. The molecule has 3 aromatic rings. The lowest BCUT2D eigenvalue weighted by atomic mass is 10.0. The zero-order valence-electron chi connectivity index (χ0n) is 26.6. The predicted molar refractivity (Wildman–Crippen MR) is 176 cm³/mol. The molecule has 1 fully saturated rings. The molecule has 15 nitrogen and oxygen atoms in total. The van der Waals surface area contributed by atoms with Gasteiger partial charge >= 0.3 is 0 Å². The van der Waals surface area contributed by atoms with Crippen LogP contribution in [0.1, 0.15) is 30.9 Å². The Bertz CT molecular complexity index is 1630. The summed E-state index contributed by atoms with van der Waals surface area (Å²) in [6.07, 6.45) is 2.63. The largest absolute Gasteiger partial charge is 0.394 e. The molecule has 4 rings (SSSR count). The Kier molecular flexibility index (Phi) is 12.2. The molecule has 1 saturated heterocycles. The molecule has 0 bridgehead atoms. The van der Waals surface area contributed by atoms with E-state index in [4.69, 9.17) is 11.5 Å². The third-order valence-corrected chi connectivity index (χ3v) is 8.13. The Hall–Kier alpha value is -5.28. The van der Waals surface area contributed by atoms with Gasteiger partial charge in [-0.05, 0) is 37.0 Å². The first-order chi connectivity index (χ1) is 23.0. The van der Waals surface area contributed by atoms with Crippen LogP contribution in [-0.4, -0.2) is 100 Å². The highest BCUT2D eigenvalue weighted by molar-refractivity contribution is 5.97. The number of benzene rings is 2. The van der Waals surface area contributed by atoms with Crippen molar-refractivity contribution in [1.29, 1.82) is 0 Å². The van der Waals surface area contributed by atoms with Crippen molar-refractivity contribution in [3.8, 4) is 0 Å². The maximum absolute atomic E-state index is 13.7. The van der Waals surface area contributed by atoms with Crippen LogP contribution in [0.5, 0.6) is 0 Å². The van der Waals surface area contributed by atoms with E-state index < -0.39 is 78.8 Å². The van der Waals surface area contributed by atoms with E-state index in [2.05, 4.69) is 26.3 Å². The van der Waals surface area contributed by atoms with Crippen molar-refractivity contribution in [2.45, 2.75) is 62.8 Å². The van der Waals surface area contributed by atoms with Gasteiger partial charge in [-0.25, -0.2) is 0 Å². The van der Waals surface area contributed by atoms with Gasteiger partial charge in [-0.2, -0.15) is 0 Å². The number of likely N-dealkylation sites (tertiary alicyclic amines) is 1. The number of para-hydroxylation sites is 1. The average Bonchev–Trinajstić information content (AvgIpc) is 3.73. The number of aromatic amines is 1. The summed E-state index contributed by atoms with van der Waals surface area (Å²) < 4.78 is 0. The quantitative estimate of drug-likeness (QED) is 0.0934. The molecule has 0 radical (unpaired) electrons. The SMILES string of the molecule is C[C@H](N)C(=O)N[C@@H](Cc1ccccc1)C(=O)N[C@@H](CO)C(=O)N1CCC[C@H]1C(=O)N[C@@H](Cc1c[nH]c2ccccc12)C(=O)NCC(N)=O. The number of aliphatic hydroxyl groups excluding tert-OH is 1. The number of hydrogen-bond acceptors (Lipinski definition) is 8. The highest BCUT2D eigenvalue weighted by atomic mass is 16.3. The fraction of sp³-hybridized carbons (Fsp3) is 0.394. The van der Waals surface area contributed by atoms with Gasteiger partial charge in [0, 0.05) is 36.5 Å². The topological polar surface area (TPSA) is 242 Å². The van der Waals surface area contributed by atoms with Gasteiger partial charge in [-0.1, -0.05) is 48.5 Å². The molecule has 15 heteroatoms. The third kappa shape index (κ3) is 9.17. The summed E-state index contributed by atoms with van der Waals surface area (Å²) in [5.74, 6) is -4.00. The maximum atomic E-state index is 13.7. The van der Waals surface area contributed by atoms with E-state index in [1.54, 1.807) is 36.5 Å². The van der Waals surface area contributed by atoms with Gasteiger partial charge in [-0.3, -0.25) is 28.8 Å². The molecule has 2 heterocycles. The molecule has 0 aliphatic carbocycles. The number of aromatic nitrogens is 1. The van der Waals surface area contributed by atoms with E-state index in [9.17, 15) is 33.9 Å². The van der Waals surface area contributed by atoms with E-state index >= 15 is 0 Å². The minimum absolute atomic E-state index is 0.0757. The van der Waals surface area contributed by atoms with Gasteiger partial charge in [-0.15, -0.1) is 0 Å². The summed E-state index contributed by atoms with van der Waals surface area (Å²) in [5.41, 5.74) is 13.2. The Labute approximate surface area is 277 Å². The van der Waals surface area contributed by atoms with Crippen LogP contribution in [0.2, 0.25) is 0 Å². The summed E-state index contributed by atoms with van der Waals surface area (Å²) >= 11 is 0. The molecule has 1 aliphatic rings. The highest BCUT2D eigenvalue weighted by Gasteiger charge is 2.39. The lowest BCUT2D eigenvalue weighted by molar-refractivity contribution is -0.143. The number of nitrogens with zero attached hydrogens (tertiary/aromatic N) is 1. The summed E-state index contributed by atoms with van der Waals surface area (Å²) in [5, 5.41) is 21.3. The van der Waals surface area contributed by atoms with Crippen molar-refractivity contribution in [2.75, 3.05) is 19.7 Å². The zero-order valence-corrected chi connectivity index (χ0v) is 26.6. The van der Waals surface area contributed by atoms with Crippen molar-refractivity contribution in [1.82, 2.24) is 31.2 Å². The first-order valence-electron chi connectivity index (χ1n) is 15.7. The van der Waals surface area contributed by atoms with Crippen LogP contribution < -0.4 is 32.7 Å². The number of nitrogens with two attached hydrogens (primary N) is 2. The van der Waals surface area contributed by atoms with E-state index in [-0.39, 0.29) is 25.8 Å². The molecule has 1 aromatic heterocycles. The van der Waals surface area contributed by atoms with Crippen LogP contribution >= 0.6 is 0 Å². The molecule has 256 valence electrons. The summed E-state index contributed by atoms with van der Waals surface area (Å²) in [6.45, 7) is 0.436. The molecule has 48 heavy (non-hydrogen) atoms. The predicted octanol–water partition coefficient (Wildman–Crippen LogP) is -1.66. The normalized spacial score (nSPS) is 16.7. The summed E-state index contributed by atoms with van der Waals surface area (Å²) in [4.78, 5) is 81.9. The van der Waals surface area contributed by atoms with Crippen LogP contribution in [0.4, 0.5) is 0 Å². The number of rotatable bonds is 15. The lowest BCUT2D eigenvalue weighted by Gasteiger charge is -2.30. The fourth-order valence-corrected chi connectivity index (χ4v) is 5.62. The monoisotopic (exact) mass is 662 g/mol. The molecule has 0 saturated carbocycles. The van der Waals surface area contributed by atoms with Gasteiger partial charge in [0.2, 0.25) is 35.4 Å². The minimum atomic E-state index is -1.42. The first-order valence-corrected chi connectivity index (χ1v) is 15.7. The van der Waals surface area contributed by atoms with Crippen molar-refractivity contribution in [2.24, 2.45) is 11.5 Å². The maximum Gasteiger partial charge on any atom is 0.248 e. The standard InChI is InChI=1S/C33H42N8O7/c1-19(34)29(44)38-24(14-20-8-3-2-4-9-20)31(46)40-26(18-42)33(48)41-13-7-12-27(41)32(47)39-25(30(45)37-17-28(35)43)15-21-16-36-23-11-6-5-10-22(21)23/h2-6,8-11,16,19,24-27,36,42H,7,12-15,17-18,34H2,1H3,(H2,35,43)(H,37,45)(H,38,44)(H,39,47)(H,40,46)/t19-,24-,25-,26-,27-/m0/s1. The zero-order chi connectivity index (χ0) is 34.8. The molecule has 0 unspecified atom stereocenters. The minimum Gasteiger partial charge on any atom is -0.394 e. The number of carbonyl (C=O) groups excluding carboxylic acids is 6. The number of hydrogen-bond donors (Lipinski definition) is 8. The van der Waals surface area contributed by atoms with Crippen LogP contribution in [0.15, 0.2) is 60.8 Å². The molecule has 5 atom stereocenters. The van der Waals surface area contributed by atoms with Crippen molar-refractivity contribution >= 4 is 46.3 Å². The number of primary amides is 1. The molecule has 2 aromatic carbocycles. The van der Waals surface area contributed by atoms with Crippen LogP contribution in [0.3, 0.4) is 0 Å². The summed E-state index contributed by atoms with van der Waals surface area (Å²) in [7, 11) is 0. The molecule has 1 aliphatic heterocycles. The van der Waals surface area contributed by atoms with Crippen molar-refractivity contribution < 1.29 is 33.9 Å². The Morgan fingerprint density at radius 2 is 1.56 bits per heavy atom. The number of amides is 6. The number of aliphatic hydroxyl groups is 1. The van der Waals surface area contributed by atoms with E-state index in [0.717, 1.165) is 22.0 Å². The number of carbonyl (C=O) groups is 6. The number of fused-ring (bicyclic) bond motifs is 1. The van der Waals surface area contributed by atoms with E-state index in [1.165, 1.54) is 11.8 Å². The second kappa shape index (κ2) is 16.5. The summed E-state index contributed by atoms with van der Waals surface area (Å²) in [6, 6.07) is 10.8. The Morgan fingerprint density at radius 1 is 0.896 bits per heavy atom. The average molecular weight is 663 g/mol. The Balaban J connectivity index is 1.48.